The van der Waals surface area contributed by atoms with Crippen LogP contribution in [0, 0.1) is 5.82 Å². The van der Waals surface area contributed by atoms with Crippen LogP contribution in [0.3, 0.4) is 0 Å². The summed E-state index contributed by atoms with van der Waals surface area (Å²) in [6, 6.07) is 14.6. The van der Waals surface area contributed by atoms with Crippen LogP contribution < -0.4 is 10.1 Å². The molecule has 1 aromatic heterocycles. The minimum absolute atomic E-state index is 0.238. The molecule has 1 aliphatic heterocycles. The summed E-state index contributed by atoms with van der Waals surface area (Å²) in [4.78, 5) is 0. The molecule has 26 heavy (non-hydrogen) atoms. The zero-order valence-electron chi connectivity index (χ0n) is 14.8. The largest absolute Gasteiger partial charge is 0.497 e. The second kappa shape index (κ2) is 7.20. The molecule has 0 bridgehead atoms. The molecule has 0 atom stereocenters. The molecule has 0 amide bonds. The fourth-order valence-electron chi connectivity index (χ4n) is 3.42. The van der Waals surface area contributed by atoms with Crippen molar-refractivity contribution in [2.75, 3.05) is 19.0 Å². The van der Waals surface area contributed by atoms with Gasteiger partial charge in [-0.2, -0.15) is 5.10 Å². The van der Waals surface area contributed by atoms with Crippen LogP contribution in [0.25, 0.3) is 5.69 Å². The van der Waals surface area contributed by atoms with Crippen molar-refractivity contribution in [2.45, 2.75) is 25.7 Å². The molecule has 0 fully saturated rings. The van der Waals surface area contributed by atoms with Crippen LogP contribution in [0.4, 0.5) is 10.2 Å². The third-order valence-corrected chi connectivity index (χ3v) is 4.81. The predicted octanol–water partition coefficient (Wildman–Crippen LogP) is 4.36. The number of fused-ring (bicyclic) bond motifs is 1. The highest BCUT2D eigenvalue weighted by Gasteiger charge is 2.20. The summed E-state index contributed by atoms with van der Waals surface area (Å²) in [5.74, 6) is 1.65. The minimum Gasteiger partial charge on any atom is -0.497 e. The third-order valence-electron chi connectivity index (χ3n) is 4.81. The van der Waals surface area contributed by atoms with Gasteiger partial charge in [0.2, 0.25) is 0 Å². The molecular formula is C21H22FN3O. The lowest BCUT2D eigenvalue weighted by Crippen LogP contribution is -2.07. The second-order valence-electron chi connectivity index (χ2n) is 6.57. The molecule has 0 radical (unpaired) electrons. The molecule has 0 spiro atoms. The zero-order chi connectivity index (χ0) is 17.9. The molecule has 1 N–H and O–H groups in total. The molecule has 0 unspecified atom stereocenters. The summed E-state index contributed by atoms with van der Waals surface area (Å²) >= 11 is 0. The molecule has 0 aliphatic carbocycles. The van der Waals surface area contributed by atoms with Crippen LogP contribution in [-0.2, 0) is 12.8 Å². The van der Waals surface area contributed by atoms with Gasteiger partial charge in [-0.3, -0.25) is 0 Å². The van der Waals surface area contributed by atoms with Gasteiger partial charge in [0.25, 0.3) is 0 Å². The van der Waals surface area contributed by atoms with Crippen LogP contribution in [0.2, 0.25) is 0 Å². The third kappa shape index (κ3) is 3.29. The lowest BCUT2D eigenvalue weighted by atomic mass is 10.0. The number of hydrogen-bond donors (Lipinski definition) is 1. The SMILES string of the molecule is COc1ccc(Cc2nn(-c3ccc(F)cc3)c3c2CCCCN3)cc1. The van der Waals surface area contributed by atoms with E-state index in [-0.39, 0.29) is 5.82 Å². The Morgan fingerprint density at radius 1 is 1.08 bits per heavy atom. The quantitative estimate of drug-likeness (QED) is 0.759. The van der Waals surface area contributed by atoms with Crippen molar-refractivity contribution >= 4 is 5.82 Å². The first-order valence-corrected chi connectivity index (χ1v) is 8.98. The number of ether oxygens (including phenoxy) is 1. The van der Waals surface area contributed by atoms with Gasteiger partial charge in [0.15, 0.2) is 0 Å². The van der Waals surface area contributed by atoms with Gasteiger partial charge >= 0.3 is 0 Å². The van der Waals surface area contributed by atoms with Gasteiger partial charge in [-0.25, -0.2) is 9.07 Å². The van der Waals surface area contributed by atoms with Crippen molar-refractivity contribution in [1.29, 1.82) is 0 Å². The van der Waals surface area contributed by atoms with Crippen molar-refractivity contribution in [3.8, 4) is 11.4 Å². The molecule has 2 heterocycles. The number of halogens is 1. The monoisotopic (exact) mass is 351 g/mol. The predicted molar refractivity (Wildman–Crippen MR) is 101 cm³/mol. The summed E-state index contributed by atoms with van der Waals surface area (Å²) < 4.78 is 20.5. The van der Waals surface area contributed by atoms with Crippen LogP contribution in [0.1, 0.15) is 29.7 Å². The fraction of sp³-hybridized carbons (Fsp3) is 0.286. The number of anilines is 1. The average Bonchev–Trinajstić information content (AvgIpc) is 2.84. The van der Waals surface area contributed by atoms with Crippen LogP contribution in [0.15, 0.2) is 48.5 Å². The summed E-state index contributed by atoms with van der Waals surface area (Å²) in [6.07, 6.45) is 4.06. The first kappa shape index (κ1) is 16.6. The van der Waals surface area contributed by atoms with E-state index in [2.05, 4.69) is 17.4 Å². The highest BCUT2D eigenvalue weighted by atomic mass is 19.1. The molecule has 4 nitrogen and oxygen atoms in total. The van der Waals surface area contributed by atoms with E-state index in [1.807, 2.05) is 16.8 Å². The number of aromatic nitrogens is 2. The molecule has 0 saturated carbocycles. The van der Waals surface area contributed by atoms with Gasteiger partial charge in [-0.05, 0) is 61.2 Å². The van der Waals surface area contributed by atoms with Crippen molar-refractivity contribution in [1.82, 2.24) is 9.78 Å². The Bertz CT molecular complexity index is 885. The highest BCUT2D eigenvalue weighted by Crippen LogP contribution is 2.29. The average molecular weight is 351 g/mol. The normalized spacial score (nSPS) is 13.6. The maximum atomic E-state index is 13.3. The van der Waals surface area contributed by atoms with E-state index < -0.39 is 0 Å². The molecule has 3 aromatic rings. The van der Waals surface area contributed by atoms with E-state index in [9.17, 15) is 4.39 Å². The number of nitrogens with one attached hydrogen (secondary N) is 1. The van der Waals surface area contributed by atoms with E-state index in [1.165, 1.54) is 23.3 Å². The maximum absolute atomic E-state index is 13.3. The minimum atomic E-state index is -0.238. The summed E-state index contributed by atoms with van der Waals surface area (Å²) in [6.45, 7) is 0.932. The molecule has 134 valence electrons. The van der Waals surface area contributed by atoms with Gasteiger partial charge in [0, 0.05) is 18.5 Å². The number of methoxy groups -OCH3 is 1. The maximum Gasteiger partial charge on any atom is 0.133 e. The standard InChI is InChI=1S/C21H22FN3O/c1-26-18-11-5-15(6-12-18)14-20-19-4-2-3-13-23-21(19)25(24-20)17-9-7-16(22)8-10-17/h5-12,23H,2-4,13-14H2,1H3. The Morgan fingerprint density at radius 2 is 1.85 bits per heavy atom. The molecular weight excluding hydrogens is 329 g/mol. The number of benzene rings is 2. The number of nitrogens with zero attached hydrogens (tertiary/aromatic N) is 2. The van der Waals surface area contributed by atoms with Gasteiger partial charge < -0.3 is 10.1 Å². The Labute approximate surface area is 152 Å². The molecule has 4 rings (SSSR count). The van der Waals surface area contributed by atoms with Crippen LogP contribution >= 0.6 is 0 Å². The van der Waals surface area contributed by atoms with Crippen LogP contribution in [-0.4, -0.2) is 23.4 Å². The van der Waals surface area contributed by atoms with Crippen molar-refractivity contribution in [3.63, 3.8) is 0 Å². The van der Waals surface area contributed by atoms with E-state index in [4.69, 9.17) is 9.84 Å². The van der Waals surface area contributed by atoms with E-state index in [0.29, 0.717) is 0 Å². The Morgan fingerprint density at radius 3 is 2.58 bits per heavy atom. The molecule has 5 heteroatoms. The Hall–Kier alpha value is -2.82. The molecule has 0 saturated heterocycles. The summed E-state index contributed by atoms with van der Waals surface area (Å²) in [7, 11) is 1.67. The number of rotatable bonds is 4. The Kier molecular flexibility index (Phi) is 4.61. The Balaban J connectivity index is 1.72. The van der Waals surface area contributed by atoms with Crippen molar-refractivity contribution in [3.05, 3.63) is 71.2 Å². The van der Waals surface area contributed by atoms with Crippen molar-refractivity contribution < 1.29 is 9.13 Å². The smallest absolute Gasteiger partial charge is 0.133 e. The first-order chi connectivity index (χ1) is 12.7. The topological polar surface area (TPSA) is 39.1 Å². The van der Waals surface area contributed by atoms with E-state index in [0.717, 1.165) is 55.2 Å². The first-order valence-electron chi connectivity index (χ1n) is 8.98. The summed E-state index contributed by atoms with van der Waals surface area (Å²) in [5, 5.41) is 8.39. The van der Waals surface area contributed by atoms with Crippen molar-refractivity contribution in [2.24, 2.45) is 0 Å². The number of hydrogen-bond acceptors (Lipinski definition) is 3. The second-order valence-corrected chi connectivity index (χ2v) is 6.57. The van der Waals surface area contributed by atoms with Gasteiger partial charge in [0.05, 0.1) is 18.5 Å². The highest BCUT2D eigenvalue weighted by molar-refractivity contribution is 5.55. The van der Waals surface area contributed by atoms with Gasteiger partial charge in [-0.1, -0.05) is 12.1 Å². The fourth-order valence-corrected chi connectivity index (χ4v) is 3.42. The zero-order valence-corrected chi connectivity index (χ0v) is 14.8. The van der Waals surface area contributed by atoms with Gasteiger partial charge in [-0.15, -0.1) is 0 Å². The van der Waals surface area contributed by atoms with E-state index >= 15 is 0 Å². The lowest BCUT2D eigenvalue weighted by Gasteiger charge is -2.09. The summed E-state index contributed by atoms with van der Waals surface area (Å²) in [5.41, 5.74) is 4.41. The molecule has 1 aliphatic rings. The van der Waals surface area contributed by atoms with Crippen LogP contribution in [0.5, 0.6) is 5.75 Å². The lowest BCUT2D eigenvalue weighted by molar-refractivity contribution is 0.414. The van der Waals surface area contributed by atoms with E-state index in [1.54, 1.807) is 19.2 Å². The van der Waals surface area contributed by atoms with Gasteiger partial charge in [0.1, 0.15) is 17.4 Å². The molecule has 2 aromatic carbocycles.